The van der Waals surface area contributed by atoms with Crippen LogP contribution in [0, 0.1) is 10.1 Å². The molecule has 0 heterocycles. The average Bonchev–Trinajstić information content (AvgIpc) is 2.23. The Kier molecular flexibility index (Phi) is 5.21. The van der Waals surface area contributed by atoms with E-state index in [2.05, 4.69) is 21.2 Å². The lowest BCUT2D eigenvalue weighted by Gasteiger charge is -2.06. The van der Waals surface area contributed by atoms with Crippen molar-refractivity contribution in [2.75, 3.05) is 20.2 Å². The second-order valence-electron chi connectivity index (χ2n) is 3.21. The molecule has 0 aliphatic rings. The highest BCUT2D eigenvalue weighted by molar-refractivity contribution is 9.10. The van der Waals surface area contributed by atoms with Crippen LogP contribution < -0.4 is 10.1 Å². The van der Waals surface area contributed by atoms with Gasteiger partial charge in [0.25, 0.3) is 5.69 Å². The van der Waals surface area contributed by atoms with Crippen LogP contribution in [0.3, 0.4) is 0 Å². The molecule has 0 unspecified atom stereocenters. The number of ether oxygens (including phenoxy) is 1. The molecule has 0 atom stereocenters. The number of nitrogens with zero attached hydrogens (tertiary/aromatic N) is 1. The largest absolute Gasteiger partial charge is 0.493 e. The summed E-state index contributed by atoms with van der Waals surface area (Å²) in [6.07, 6.45) is 0.858. The van der Waals surface area contributed by atoms with Gasteiger partial charge in [-0.3, -0.25) is 10.1 Å². The second kappa shape index (κ2) is 6.44. The van der Waals surface area contributed by atoms with Gasteiger partial charge >= 0.3 is 0 Å². The first-order chi connectivity index (χ1) is 7.63. The maximum atomic E-state index is 10.6. The van der Waals surface area contributed by atoms with E-state index in [9.17, 15) is 10.1 Å². The van der Waals surface area contributed by atoms with Crippen LogP contribution in [0.5, 0.6) is 5.75 Å². The molecule has 0 aliphatic heterocycles. The zero-order valence-corrected chi connectivity index (χ0v) is 10.5. The fraction of sp³-hybridized carbons (Fsp3) is 0.400. The Bertz CT molecular complexity index is 371. The minimum Gasteiger partial charge on any atom is -0.493 e. The molecule has 0 fully saturated rings. The monoisotopic (exact) mass is 288 g/mol. The predicted molar refractivity (Wildman–Crippen MR) is 64.8 cm³/mol. The van der Waals surface area contributed by atoms with Gasteiger partial charge in [-0.15, -0.1) is 0 Å². The molecule has 5 nitrogen and oxygen atoms in total. The van der Waals surface area contributed by atoms with E-state index in [1.54, 1.807) is 6.07 Å². The van der Waals surface area contributed by atoms with Crippen LogP contribution >= 0.6 is 15.9 Å². The van der Waals surface area contributed by atoms with E-state index in [1.807, 2.05) is 7.05 Å². The molecule has 0 aliphatic carbocycles. The summed E-state index contributed by atoms with van der Waals surface area (Å²) in [5, 5.41) is 13.6. The van der Waals surface area contributed by atoms with Crippen molar-refractivity contribution in [1.82, 2.24) is 5.32 Å². The maximum Gasteiger partial charge on any atom is 0.274 e. The number of rotatable bonds is 6. The molecule has 0 aromatic heterocycles. The molecule has 16 heavy (non-hydrogen) atoms. The number of hydrogen-bond donors (Lipinski definition) is 1. The van der Waals surface area contributed by atoms with Crippen molar-refractivity contribution in [3.8, 4) is 5.75 Å². The SMILES string of the molecule is CNCCCOc1cc(Br)cc([N+](=O)[O-])c1. The number of non-ortho nitro benzene ring substituents is 1. The van der Waals surface area contributed by atoms with Crippen LogP contribution in [0.1, 0.15) is 6.42 Å². The molecule has 0 radical (unpaired) electrons. The number of halogens is 1. The quantitative estimate of drug-likeness (QED) is 0.496. The number of benzene rings is 1. The van der Waals surface area contributed by atoms with E-state index in [0.29, 0.717) is 16.8 Å². The van der Waals surface area contributed by atoms with Gasteiger partial charge in [0, 0.05) is 10.5 Å². The van der Waals surface area contributed by atoms with E-state index in [1.165, 1.54) is 12.1 Å². The maximum absolute atomic E-state index is 10.6. The topological polar surface area (TPSA) is 64.4 Å². The Labute approximate surface area is 102 Å². The van der Waals surface area contributed by atoms with E-state index in [4.69, 9.17) is 4.74 Å². The Hall–Kier alpha value is -1.14. The van der Waals surface area contributed by atoms with Gasteiger partial charge in [0.15, 0.2) is 0 Å². The van der Waals surface area contributed by atoms with Gasteiger partial charge in [0.2, 0.25) is 0 Å². The van der Waals surface area contributed by atoms with Crippen LogP contribution in [0.25, 0.3) is 0 Å². The van der Waals surface area contributed by atoms with Crippen molar-refractivity contribution in [2.45, 2.75) is 6.42 Å². The van der Waals surface area contributed by atoms with Crippen LogP contribution in [0.2, 0.25) is 0 Å². The molecule has 0 spiro atoms. The highest BCUT2D eigenvalue weighted by Crippen LogP contribution is 2.26. The lowest BCUT2D eigenvalue weighted by Crippen LogP contribution is -2.11. The van der Waals surface area contributed by atoms with Crippen LogP contribution in [-0.2, 0) is 0 Å². The molecule has 1 aromatic rings. The van der Waals surface area contributed by atoms with Crippen LogP contribution in [-0.4, -0.2) is 25.1 Å². The molecule has 1 aromatic carbocycles. The summed E-state index contributed by atoms with van der Waals surface area (Å²) in [6, 6.07) is 4.58. The number of nitro groups is 1. The lowest BCUT2D eigenvalue weighted by atomic mass is 10.3. The summed E-state index contributed by atoms with van der Waals surface area (Å²) >= 11 is 3.21. The smallest absolute Gasteiger partial charge is 0.274 e. The van der Waals surface area contributed by atoms with Crippen LogP contribution in [0.4, 0.5) is 5.69 Å². The number of nitrogens with one attached hydrogen (secondary N) is 1. The molecule has 0 saturated carbocycles. The van der Waals surface area contributed by atoms with Gasteiger partial charge in [-0.2, -0.15) is 0 Å². The summed E-state index contributed by atoms with van der Waals surface area (Å²) in [5.41, 5.74) is 0.0259. The molecule has 1 N–H and O–H groups in total. The molecule has 0 bridgehead atoms. The highest BCUT2D eigenvalue weighted by atomic mass is 79.9. The predicted octanol–water partition coefficient (Wildman–Crippen LogP) is 2.35. The zero-order chi connectivity index (χ0) is 12.0. The van der Waals surface area contributed by atoms with Crippen LogP contribution in [0.15, 0.2) is 22.7 Å². The summed E-state index contributed by atoms with van der Waals surface area (Å²) in [7, 11) is 1.87. The standard InChI is InChI=1S/C10H13BrN2O3/c1-12-3-2-4-16-10-6-8(11)5-9(7-10)13(14)15/h5-7,12H,2-4H2,1H3. The molecular formula is C10H13BrN2O3. The third kappa shape index (κ3) is 4.16. The fourth-order valence-corrected chi connectivity index (χ4v) is 1.64. The summed E-state index contributed by atoms with van der Waals surface area (Å²) in [6.45, 7) is 1.39. The van der Waals surface area contributed by atoms with Gasteiger partial charge in [-0.05, 0) is 26.1 Å². The van der Waals surface area contributed by atoms with Crippen molar-refractivity contribution in [1.29, 1.82) is 0 Å². The Morgan fingerprint density at radius 1 is 1.50 bits per heavy atom. The molecular weight excluding hydrogens is 276 g/mol. The van der Waals surface area contributed by atoms with E-state index in [0.717, 1.165) is 13.0 Å². The van der Waals surface area contributed by atoms with E-state index < -0.39 is 4.92 Å². The van der Waals surface area contributed by atoms with Crippen molar-refractivity contribution in [3.63, 3.8) is 0 Å². The zero-order valence-electron chi connectivity index (χ0n) is 8.90. The number of nitro benzene ring substituents is 1. The van der Waals surface area contributed by atoms with Crippen molar-refractivity contribution >= 4 is 21.6 Å². The van der Waals surface area contributed by atoms with Crippen molar-refractivity contribution in [3.05, 3.63) is 32.8 Å². The third-order valence-electron chi connectivity index (χ3n) is 1.91. The average molecular weight is 289 g/mol. The normalized spacial score (nSPS) is 10.1. The van der Waals surface area contributed by atoms with Gasteiger partial charge in [0.05, 0.1) is 17.6 Å². The minimum atomic E-state index is -0.439. The molecule has 88 valence electrons. The molecule has 0 amide bonds. The molecule has 6 heteroatoms. The summed E-state index contributed by atoms with van der Waals surface area (Å²) in [5.74, 6) is 0.511. The fourth-order valence-electron chi connectivity index (χ4n) is 1.18. The van der Waals surface area contributed by atoms with Crippen molar-refractivity contribution < 1.29 is 9.66 Å². The molecule has 1 rings (SSSR count). The van der Waals surface area contributed by atoms with Gasteiger partial charge < -0.3 is 10.1 Å². The van der Waals surface area contributed by atoms with E-state index in [-0.39, 0.29) is 5.69 Å². The first-order valence-electron chi connectivity index (χ1n) is 4.86. The first kappa shape index (κ1) is 12.9. The summed E-state index contributed by atoms with van der Waals surface area (Å²) in [4.78, 5) is 10.2. The second-order valence-corrected chi connectivity index (χ2v) is 4.12. The highest BCUT2D eigenvalue weighted by Gasteiger charge is 2.09. The lowest BCUT2D eigenvalue weighted by molar-refractivity contribution is -0.385. The Balaban J connectivity index is 2.62. The van der Waals surface area contributed by atoms with Crippen molar-refractivity contribution in [2.24, 2.45) is 0 Å². The van der Waals surface area contributed by atoms with E-state index >= 15 is 0 Å². The first-order valence-corrected chi connectivity index (χ1v) is 5.65. The number of hydrogen-bond acceptors (Lipinski definition) is 4. The Morgan fingerprint density at radius 3 is 2.88 bits per heavy atom. The Morgan fingerprint density at radius 2 is 2.25 bits per heavy atom. The van der Waals surface area contributed by atoms with Gasteiger partial charge in [0.1, 0.15) is 5.75 Å². The minimum absolute atomic E-state index is 0.0259. The van der Waals surface area contributed by atoms with Gasteiger partial charge in [-0.25, -0.2) is 0 Å². The third-order valence-corrected chi connectivity index (χ3v) is 2.36. The van der Waals surface area contributed by atoms with Gasteiger partial charge in [-0.1, -0.05) is 15.9 Å². The summed E-state index contributed by atoms with van der Waals surface area (Å²) < 4.78 is 6.05. The molecule has 0 saturated heterocycles.